The molecule has 0 fully saturated rings. The molecule has 0 radical (unpaired) electrons. The van der Waals surface area contributed by atoms with Gasteiger partial charge in [-0.15, -0.1) is 0 Å². The summed E-state index contributed by atoms with van der Waals surface area (Å²) >= 11 is 0. The first-order chi connectivity index (χ1) is 10.0. The average molecular weight is 293 g/mol. The molecule has 0 saturated carbocycles. The molecule has 1 aromatic carbocycles. The third kappa shape index (κ3) is 3.52. The van der Waals surface area contributed by atoms with E-state index in [1.54, 1.807) is 32.0 Å². The topological polar surface area (TPSA) is 84.9 Å². The summed E-state index contributed by atoms with van der Waals surface area (Å²) in [5, 5.41) is 11.8. The molecule has 114 valence electrons. The fraction of sp³-hybridized carbons (Fsp3) is 0.467. The van der Waals surface area contributed by atoms with E-state index in [0.29, 0.717) is 36.7 Å². The lowest BCUT2D eigenvalue weighted by molar-refractivity contribution is -0.139. The van der Waals surface area contributed by atoms with E-state index in [1.165, 1.54) is 0 Å². The normalized spacial score (nSPS) is 16.1. The minimum absolute atomic E-state index is 0.174. The van der Waals surface area contributed by atoms with Crippen molar-refractivity contribution in [2.45, 2.75) is 32.4 Å². The number of fused-ring (bicyclic) bond motifs is 1. The van der Waals surface area contributed by atoms with Crippen LogP contribution in [-0.4, -0.2) is 42.2 Å². The summed E-state index contributed by atoms with van der Waals surface area (Å²) in [7, 11) is 0. The molecular formula is C15H19NO5. The molecule has 0 aromatic heterocycles. The van der Waals surface area contributed by atoms with Gasteiger partial charge in [-0.05, 0) is 31.5 Å². The van der Waals surface area contributed by atoms with Gasteiger partial charge in [0.1, 0.15) is 19.3 Å². The number of carbonyl (C=O) groups is 2. The Morgan fingerprint density at radius 1 is 1.29 bits per heavy atom. The number of nitrogens with one attached hydrogen (secondary N) is 1. The summed E-state index contributed by atoms with van der Waals surface area (Å²) < 4.78 is 10.8. The van der Waals surface area contributed by atoms with Gasteiger partial charge in [-0.3, -0.25) is 14.9 Å². The monoisotopic (exact) mass is 293 g/mol. The van der Waals surface area contributed by atoms with Crippen molar-refractivity contribution in [1.82, 2.24) is 5.32 Å². The van der Waals surface area contributed by atoms with Gasteiger partial charge in [0.05, 0.1) is 6.04 Å². The van der Waals surface area contributed by atoms with Crippen molar-refractivity contribution in [1.29, 1.82) is 0 Å². The maximum absolute atomic E-state index is 12.4. The predicted molar refractivity (Wildman–Crippen MR) is 76.1 cm³/mol. The smallest absolute Gasteiger partial charge is 0.320 e. The largest absolute Gasteiger partial charge is 0.486 e. The van der Waals surface area contributed by atoms with Gasteiger partial charge in [0.2, 0.25) is 0 Å². The molecule has 1 aliphatic rings. The van der Waals surface area contributed by atoms with Gasteiger partial charge in [-0.25, -0.2) is 0 Å². The number of ether oxygens (including phenoxy) is 2. The maximum Gasteiger partial charge on any atom is 0.320 e. The first-order valence-corrected chi connectivity index (χ1v) is 6.95. The molecule has 21 heavy (non-hydrogen) atoms. The molecule has 6 nitrogen and oxygen atoms in total. The lowest BCUT2D eigenvalue weighted by Gasteiger charge is -2.21. The minimum Gasteiger partial charge on any atom is -0.486 e. The van der Waals surface area contributed by atoms with Crippen molar-refractivity contribution in [3.05, 3.63) is 23.8 Å². The predicted octanol–water partition coefficient (Wildman–Crippen LogP) is 1.48. The fourth-order valence-corrected chi connectivity index (χ4v) is 2.19. The van der Waals surface area contributed by atoms with Gasteiger partial charge in [-0.1, -0.05) is 6.92 Å². The number of hydrogen-bond donors (Lipinski definition) is 2. The number of rotatable bonds is 6. The Balaban J connectivity index is 2.10. The van der Waals surface area contributed by atoms with E-state index in [9.17, 15) is 9.59 Å². The van der Waals surface area contributed by atoms with Crippen molar-refractivity contribution in [2.24, 2.45) is 0 Å². The number of carbonyl (C=O) groups excluding carboxylic acids is 1. The van der Waals surface area contributed by atoms with E-state index in [2.05, 4.69) is 5.32 Å². The van der Waals surface area contributed by atoms with Crippen LogP contribution in [0.2, 0.25) is 0 Å². The Morgan fingerprint density at radius 2 is 1.95 bits per heavy atom. The zero-order valence-electron chi connectivity index (χ0n) is 12.1. The zero-order valence-corrected chi connectivity index (χ0v) is 12.1. The van der Waals surface area contributed by atoms with Crippen LogP contribution < -0.4 is 14.8 Å². The minimum atomic E-state index is -0.959. The van der Waals surface area contributed by atoms with Crippen molar-refractivity contribution in [3.8, 4) is 11.5 Å². The Bertz CT molecular complexity index is 543. The summed E-state index contributed by atoms with van der Waals surface area (Å²) in [4.78, 5) is 23.4. The van der Waals surface area contributed by atoms with E-state index in [1.807, 2.05) is 0 Å². The molecule has 2 rings (SSSR count). The Hall–Kier alpha value is -2.08. The van der Waals surface area contributed by atoms with Gasteiger partial charge < -0.3 is 14.6 Å². The summed E-state index contributed by atoms with van der Waals surface area (Å²) in [6.45, 7) is 4.36. The highest BCUT2D eigenvalue weighted by Crippen LogP contribution is 2.31. The SMILES string of the molecule is CCC(NC(C)C(=O)c1ccc2c(c1)OCCO2)C(=O)O. The van der Waals surface area contributed by atoms with E-state index in [4.69, 9.17) is 14.6 Å². The summed E-state index contributed by atoms with van der Waals surface area (Å²) in [6.07, 6.45) is 0.411. The van der Waals surface area contributed by atoms with Crippen LogP contribution in [0.5, 0.6) is 11.5 Å². The van der Waals surface area contributed by atoms with Crippen LogP contribution in [0.4, 0.5) is 0 Å². The Kier molecular flexibility index (Phi) is 4.80. The molecule has 0 amide bonds. The van der Waals surface area contributed by atoms with Crippen LogP contribution in [0.3, 0.4) is 0 Å². The first-order valence-electron chi connectivity index (χ1n) is 6.95. The second-order valence-electron chi connectivity index (χ2n) is 4.91. The molecule has 0 aliphatic carbocycles. The molecular weight excluding hydrogens is 274 g/mol. The number of hydrogen-bond acceptors (Lipinski definition) is 5. The van der Waals surface area contributed by atoms with Crippen LogP contribution in [0.25, 0.3) is 0 Å². The Labute approximate surface area is 123 Å². The molecule has 1 heterocycles. The quantitative estimate of drug-likeness (QED) is 0.773. The second-order valence-corrected chi connectivity index (χ2v) is 4.91. The van der Waals surface area contributed by atoms with Crippen LogP contribution in [-0.2, 0) is 4.79 Å². The number of carboxylic acids is 1. The van der Waals surface area contributed by atoms with Crippen LogP contribution in [0.1, 0.15) is 30.6 Å². The third-order valence-electron chi connectivity index (χ3n) is 3.38. The van der Waals surface area contributed by atoms with Gasteiger partial charge >= 0.3 is 5.97 Å². The van der Waals surface area contributed by atoms with E-state index in [0.717, 1.165) is 0 Å². The van der Waals surface area contributed by atoms with Crippen LogP contribution in [0.15, 0.2) is 18.2 Å². The molecule has 0 saturated heterocycles. The second kappa shape index (κ2) is 6.58. The van der Waals surface area contributed by atoms with E-state index < -0.39 is 18.1 Å². The van der Waals surface area contributed by atoms with Crippen LogP contribution in [0, 0.1) is 0 Å². The van der Waals surface area contributed by atoms with Crippen LogP contribution >= 0.6 is 0 Å². The molecule has 6 heteroatoms. The zero-order chi connectivity index (χ0) is 15.4. The first kappa shape index (κ1) is 15.3. The number of carboxylic acid groups (broad SMARTS) is 1. The number of benzene rings is 1. The molecule has 2 N–H and O–H groups in total. The van der Waals surface area contributed by atoms with Gasteiger partial charge in [0.25, 0.3) is 0 Å². The average Bonchev–Trinajstić information content (AvgIpc) is 2.50. The lowest BCUT2D eigenvalue weighted by Crippen LogP contribution is -2.45. The highest BCUT2D eigenvalue weighted by molar-refractivity contribution is 6.00. The molecule has 1 aliphatic heterocycles. The van der Waals surface area contributed by atoms with Crippen molar-refractivity contribution >= 4 is 11.8 Å². The fourth-order valence-electron chi connectivity index (χ4n) is 2.19. The Morgan fingerprint density at radius 3 is 2.57 bits per heavy atom. The number of ketones is 1. The van der Waals surface area contributed by atoms with Gasteiger partial charge in [0.15, 0.2) is 17.3 Å². The van der Waals surface area contributed by atoms with Crippen molar-refractivity contribution in [2.75, 3.05) is 13.2 Å². The molecule has 1 aromatic rings. The van der Waals surface area contributed by atoms with E-state index >= 15 is 0 Å². The standard InChI is InChI=1S/C15H19NO5/c1-3-11(15(18)19)16-9(2)14(17)10-4-5-12-13(8-10)21-7-6-20-12/h4-5,8-9,11,16H,3,6-7H2,1-2H3,(H,18,19). The molecule has 0 spiro atoms. The summed E-state index contributed by atoms with van der Waals surface area (Å²) in [5.41, 5.74) is 0.472. The molecule has 2 unspecified atom stereocenters. The number of Topliss-reactive ketones (excluding diaryl/α,β-unsaturated/α-hetero) is 1. The van der Waals surface area contributed by atoms with E-state index in [-0.39, 0.29) is 5.78 Å². The highest BCUT2D eigenvalue weighted by Gasteiger charge is 2.23. The lowest BCUT2D eigenvalue weighted by atomic mass is 10.0. The van der Waals surface area contributed by atoms with Crippen molar-refractivity contribution in [3.63, 3.8) is 0 Å². The molecule has 0 bridgehead atoms. The van der Waals surface area contributed by atoms with Gasteiger partial charge in [0, 0.05) is 5.56 Å². The summed E-state index contributed by atoms with van der Waals surface area (Å²) in [5.74, 6) is 0.0333. The van der Waals surface area contributed by atoms with Gasteiger partial charge in [-0.2, -0.15) is 0 Å². The summed E-state index contributed by atoms with van der Waals surface area (Å²) in [6, 6.07) is 3.67. The maximum atomic E-state index is 12.4. The highest BCUT2D eigenvalue weighted by atomic mass is 16.6. The molecule has 2 atom stereocenters. The number of aliphatic carboxylic acids is 1. The third-order valence-corrected chi connectivity index (χ3v) is 3.38. The van der Waals surface area contributed by atoms with Crippen molar-refractivity contribution < 1.29 is 24.2 Å².